The fraction of sp³-hybridized carbons (Fsp3) is 0.448. The summed E-state index contributed by atoms with van der Waals surface area (Å²) in [5.41, 5.74) is 6.36. The quantitative estimate of drug-likeness (QED) is 0.297. The van der Waals surface area contributed by atoms with Gasteiger partial charge in [-0.15, -0.1) is 0 Å². The number of nitrogens with zero attached hydrogens (tertiary/aromatic N) is 3. The maximum atomic E-state index is 5.41. The lowest BCUT2D eigenvalue weighted by atomic mass is 9.82. The number of hydrogen-bond acceptors (Lipinski definition) is 5. The summed E-state index contributed by atoms with van der Waals surface area (Å²) in [5.74, 6) is 2.76. The van der Waals surface area contributed by atoms with Gasteiger partial charge in [0.2, 0.25) is 0 Å². The number of anilines is 1. The number of aryl methyl sites for hydroxylation is 4. The second kappa shape index (κ2) is 9.40. The maximum Gasteiger partial charge on any atom is 0.141 e. The number of pyridine rings is 1. The van der Waals surface area contributed by atoms with Crippen LogP contribution in [-0.4, -0.2) is 27.2 Å². The molecule has 0 aliphatic rings. The van der Waals surface area contributed by atoms with E-state index in [2.05, 4.69) is 80.0 Å². The number of benzene rings is 1. The summed E-state index contributed by atoms with van der Waals surface area (Å²) in [6, 6.07) is 12.5. The van der Waals surface area contributed by atoms with Gasteiger partial charge in [0.25, 0.3) is 0 Å². The SMILES string of the molecule is COc1ccc(CCc2nc3cc(-c4c(C)noc4C)ccn3c2NC(C)(C)CC(C)(C)C)cc1. The van der Waals surface area contributed by atoms with Gasteiger partial charge in [-0.25, -0.2) is 4.98 Å². The van der Waals surface area contributed by atoms with Crippen LogP contribution in [0, 0.1) is 19.3 Å². The molecule has 1 aromatic carbocycles. The van der Waals surface area contributed by atoms with Gasteiger partial charge in [0.15, 0.2) is 0 Å². The third kappa shape index (κ3) is 5.69. The normalized spacial score (nSPS) is 12.3. The van der Waals surface area contributed by atoms with Crippen molar-refractivity contribution >= 4 is 11.5 Å². The van der Waals surface area contributed by atoms with Crippen molar-refractivity contribution in [2.75, 3.05) is 12.4 Å². The van der Waals surface area contributed by atoms with E-state index in [1.54, 1.807) is 7.11 Å². The molecule has 3 aromatic heterocycles. The van der Waals surface area contributed by atoms with Crippen LogP contribution in [0.5, 0.6) is 5.75 Å². The molecule has 0 radical (unpaired) electrons. The number of aromatic nitrogens is 3. The molecule has 3 heterocycles. The lowest BCUT2D eigenvalue weighted by Crippen LogP contribution is -2.36. The van der Waals surface area contributed by atoms with E-state index in [-0.39, 0.29) is 11.0 Å². The summed E-state index contributed by atoms with van der Waals surface area (Å²) < 4.78 is 12.9. The Morgan fingerprint density at radius 2 is 1.71 bits per heavy atom. The van der Waals surface area contributed by atoms with Crippen molar-refractivity contribution < 1.29 is 9.26 Å². The van der Waals surface area contributed by atoms with Crippen molar-refractivity contribution in [2.45, 2.75) is 73.3 Å². The van der Waals surface area contributed by atoms with E-state index >= 15 is 0 Å². The molecule has 0 spiro atoms. The van der Waals surface area contributed by atoms with E-state index in [1.807, 2.05) is 26.0 Å². The molecular weight excluding hydrogens is 436 g/mol. The molecule has 35 heavy (non-hydrogen) atoms. The molecule has 0 atom stereocenters. The largest absolute Gasteiger partial charge is 0.497 e. The van der Waals surface area contributed by atoms with E-state index in [0.29, 0.717) is 0 Å². The first-order chi connectivity index (χ1) is 16.5. The molecule has 0 aliphatic heterocycles. The first-order valence-electron chi connectivity index (χ1n) is 12.3. The minimum Gasteiger partial charge on any atom is -0.497 e. The Balaban J connectivity index is 1.72. The van der Waals surface area contributed by atoms with Crippen molar-refractivity contribution in [1.82, 2.24) is 14.5 Å². The Bertz CT molecular complexity index is 1290. The minimum atomic E-state index is -0.0938. The summed E-state index contributed by atoms with van der Waals surface area (Å²) in [7, 11) is 1.69. The van der Waals surface area contributed by atoms with Crippen LogP contribution < -0.4 is 10.1 Å². The van der Waals surface area contributed by atoms with Gasteiger partial charge in [0.05, 0.1) is 18.5 Å². The van der Waals surface area contributed by atoms with Gasteiger partial charge in [-0.3, -0.25) is 4.40 Å². The molecule has 0 amide bonds. The molecule has 4 rings (SSSR count). The van der Waals surface area contributed by atoms with Crippen molar-refractivity contribution in [3.63, 3.8) is 0 Å². The minimum absolute atomic E-state index is 0.0938. The van der Waals surface area contributed by atoms with Crippen LogP contribution in [0.2, 0.25) is 0 Å². The molecule has 1 N–H and O–H groups in total. The highest BCUT2D eigenvalue weighted by Crippen LogP contribution is 2.33. The number of fused-ring (bicyclic) bond motifs is 1. The Morgan fingerprint density at radius 1 is 1.00 bits per heavy atom. The highest BCUT2D eigenvalue weighted by atomic mass is 16.5. The van der Waals surface area contributed by atoms with Gasteiger partial charge >= 0.3 is 0 Å². The molecule has 6 heteroatoms. The molecular formula is C29H38N4O2. The monoisotopic (exact) mass is 474 g/mol. The molecule has 4 aromatic rings. The first-order valence-corrected chi connectivity index (χ1v) is 12.3. The summed E-state index contributed by atoms with van der Waals surface area (Å²) in [5, 5.41) is 7.98. The second-order valence-corrected chi connectivity index (χ2v) is 11.3. The molecule has 186 valence electrons. The highest BCUT2D eigenvalue weighted by Gasteiger charge is 2.28. The van der Waals surface area contributed by atoms with Gasteiger partial charge in [-0.05, 0) is 87.8 Å². The average Bonchev–Trinajstić information content (AvgIpc) is 3.28. The van der Waals surface area contributed by atoms with Crippen LogP contribution in [0.15, 0.2) is 47.1 Å². The lowest BCUT2D eigenvalue weighted by molar-refractivity contribution is 0.302. The topological polar surface area (TPSA) is 64.6 Å². The summed E-state index contributed by atoms with van der Waals surface area (Å²) >= 11 is 0. The maximum absolute atomic E-state index is 5.41. The fourth-order valence-electron chi connectivity index (χ4n) is 5.20. The van der Waals surface area contributed by atoms with E-state index < -0.39 is 0 Å². The van der Waals surface area contributed by atoms with Gasteiger partial charge in [0.1, 0.15) is 23.0 Å². The Hall–Kier alpha value is -3.28. The van der Waals surface area contributed by atoms with Crippen LogP contribution in [0.3, 0.4) is 0 Å². The van der Waals surface area contributed by atoms with Gasteiger partial charge < -0.3 is 14.6 Å². The van der Waals surface area contributed by atoms with Crippen LogP contribution in [0.1, 0.15) is 63.8 Å². The van der Waals surface area contributed by atoms with E-state index in [9.17, 15) is 0 Å². The first kappa shape index (κ1) is 24.8. The third-order valence-corrected chi connectivity index (χ3v) is 6.26. The van der Waals surface area contributed by atoms with Gasteiger partial charge in [-0.1, -0.05) is 38.1 Å². The summed E-state index contributed by atoms with van der Waals surface area (Å²) in [6.45, 7) is 15.3. The van der Waals surface area contributed by atoms with Gasteiger partial charge in [0, 0.05) is 17.3 Å². The zero-order chi connectivity index (χ0) is 25.4. The zero-order valence-corrected chi connectivity index (χ0v) is 22.3. The van der Waals surface area contributed by atoms with Crippen molar-refractivity contribution in [3.05, 3.63) is 65.3 Å². The third-order valence-electron chi connectivity index (χ3n) is 6.26. The number of methoxy groups -OCH3 is 1. The molecule has 0 saturated carbocycles. The molecule has 6 nitrogen and oxygen atoms in total. The van der Waals surface area contributed by atoms with Gasteiger partial charge in [-0.2, -0.15) is 0 Å². The van der Waals surface area contributed by atoms with Crippen LogP contribution >= 0.6 is 0 Å². The van der Waals surface area contributed by atoms with Crippen LogP contribution in [-0.2, 0) is 12.8 Å². The number of ether oxygens (including phenoxy) is 1. The number of rotatable bonds is 8. The molecule has 0 unspecified atom stereocenters. The van der Waals surface area contributed by atoms with E-state index in [1.165, 1.54) is 5.56 Å². The van der Waals surface area contributed by atoms with Crippen LogP contribution in [0.25, 0.3) is 16.8 Å². The number of hydrogen-bond donors (Lipinski definition) is 1. The second-order valence-electron chi connectivity index (χ2n) is 11.3. The molecule has 0 bridgehead atoms. The van der Waals surface area contributed by atoms with Crippen molar-refractivity contribution in [3.8, 4) is 16.9 Å². The summed E-state index contributed by atoms with van der Waals surface area (Å²) in [4.78, 5) is 5.10. The van der Waals surface area contributed by atoms with E-state index in [0.717, 1.165) is 64.8 Å². The standard InChI is InChI=1S/C29H38N4O2/c1-19-26(20(2)35-32-19)22-15-16-33-25(17-22)30-24(14-11-21-9-12-23(34-8)13-10-21)27(33)31-29(6,7)18-28(3,4)5/h9-10,12-13,15-17,31H,11,14,18H2,1-8H3. The average molecular weight is 475 g/mol. The smallest absolute Gasteiger partial charge is 0.141 e. The fourth-order valence-corrected chi connectivity index (χ4v) is 5.20. The Labute approximate surface area is 208 Å². The van der Waals surface area contributed by atoms with Crippen molar-refractivity contribution in [1.29, 1.82) is 0 Å². The lowest BCUT2D eigenvalue weighted by Gasteiger charge is -2.34. The number of nitrogens with one attached hydrogen (secondary N) is 1. The Morgan fingerprint density at radius 3 is 2.31 bits per heavy atom. The summed E-state index contributed by atoms with van der Waals surface area (Å²) in [6.07, 6.45) is 4.87. The number of imidazole rings is 1. The van der Waals surface area contributed by atoms with Crippen molar-refractivity contribution in [2.24, 2.45) is 5.41 Å². The molecule has 0 saturated heterocycles. The highest BCUT2D eigenvalue weighted by molar-refractivity contribution is 5.72. The molecule has 0 aliphatic carbocycles. The predicted molar refractivity (Wildman–Crippen MR) is 142 cm³/mol. The van der Waals surface area contributed by atoms with Crippen LogP contribution in [0.4, 0.5) is 5.82 Å². The zero-order valence-electron chi connectivity index (χ0n) is 22.3. The predicted octanol–water partition coefficient (Wildman–Crippen LogP) is 7.03. The molecule has 0 fully saturated rings. The Kier molecular flexibility index (Phi) is 6.67. The van der Waals surface area contributed by atoms with E-state index in [4.69, 9.17) is 14.2 Å².